The monoisotopic (exact) mass is 399 g/mol. The number of amides is 1. The molecule has 0 aliphatic carbocycles. The van der Waals surface area contributed by atoms with Gasteiger partial charge in [0, 0.05) is 16.6 Å². The predicted molar refractivity (Wildman–Crippen MR) is 99.3 cm³/mol. The van der Waals surface area contributed by atoms with Crippen LogP contribution in [0, 0.1) is 0 Å². The van der Waals surface area contributed by atoms with Crippen molar-refractivity contribution in [2.75, 3.05) is 18.4 Å². The molecule has 0 radical (unpaired) electrons. The van der Waals surface area contributed by atoms with E-state index >= 15 is 0 Å². The molecule has 0 atom stereocenters. The molecule has 1 N–H and O–H groups in total. The largest absolute Gasteiger partial charge is 0.368 e. The lowest BCUT2D eigenvalue weighted by Gasteiger charge is -2.39. The molecule has 26 heavy (non-hydrogen) atoms. The lowest BCUT2D eigenvalue weighted by molar-refractivity contribution is -0.113. The maximum atomic E-state index is 13.1. The Bertz CT molecular complexity index is 850. The van der Waals surface area contributed by atoms with Gasteiger partial charge >= 0.3 is 0 Å². The Hall–Kier alpha value is -1.92. The average molecular weight is 400 g/mol. The fourth-order valence-electron chi connectivity index (χ4n) is 2.79. The molecule has 138 valence electrons. The van der Waals surface area contributed by atoms with Gasteiger partial charge in [0.1, 0.15) is 11.0 Å². The van der Waals surface area contributed by atoms with Crippen molar-refractivity contribution in [3.63, 3.8) is 0 Å². The first-order valence-electron chi connectivity index (χ1n) is 8.06. The normalized spacial score (nSPS) is 15.7. The minimum atomic E-state index is -2.83. The Morgan fingerprint density at radius 2 is 1.92 bits per heavy atom. The number of aromatic nitrogens is 1. The minimum absolute atomic E-state index is 0.142. The molecular formula is C18H17Cl2F2N3O. The predicted octanol–water partition coefficient (Wildman–Crippen LogP) is 4.97. The molecule has 2 aromatic rings. The first-order valence-corrected chi connectivity index (χ1v) is 8.81. The highest BCUT2D eigenvalue weighted by molar-refractivity contribution is 6.31. The topological polar surface area (TPSA) is 45.2 Å². The average Bonchev–Trinajstić information content (AvgIpc) is 2.50. The number of carbonyl (C=O) groups is 1. The highest BCUT2D eigenvalue weighted by atomic mass is 35.5. The van der Waals surface area contributed by atoms with Crippen molar-refractivity contribution in [1.82, 2.24) is 9.88 Å². The van der Waals surface area contributed by atoms with Crippen molar-refractivity contribution in [2.45, 2.75) is 25.8 Å². The van der Waals surface area contributed by atoms with Crippen LogP contribution < -0.4 is 5.32 Å². The standard InChI is InChI=1S/C18H17Cl2F2N3O/c1-10(2)23-16-6-11(5-15(20)24-16)13-4-3-12(19)7-14(13)17(26)25-8-18(21,22)9-25/h3-7,10H,8-9H2,1-2H3,(H,23,24). The third kappa shape index (κ3) is 4.07. The lowest BCUT2D eigenvalue weighted by Crippen LogP contribution is -2.58. The van der Waals surface area contributed by atoms with Gasteiger partial charge in [-0.2, -0.15) is 0 Å². The molecule has 2 heterocycles. The van der Waals surface area contributed by atoms with Gasteiger partial charge in [-0.25, -0.2) is 13.8 Å². The van der Waals surface area contributed by atoms with Gasteiger partial charge in [-0.3, -0.25) is 4.79 Å². The molecular weight excluding hydrogens is 383 g/mol. The van der Waals surface area contributed by atoms with E-state index in [0.717, 1.165) is 4.90 Å². The van der Waals surface area contributed by atoms with E-state index in [1.807, 2.05) is 13.8 Å². The number of rotatable bonds is 4. The van der Waals surface area contributed by atoms with Gasteiger partial charge in [0.25, 0.3) is 11.8 Å². The summed E-state index contributed by atoms with van der Waals surface area (Å²) in [4.78, 5) is 18.0. The van der Waals surface area contributed by atoms with E-state index in [-0.39, 0.29) is 16.8 Å². The minimum Gasteiger partial charge on any atom is -0.368 e. The number of anilines is 1. The number of nitrogens with zero attached hydrogens (tertiary/aromatic N) is 2. The zero-order valence-corrected chi connectivity index (χ0v) is 15.7. The Morgan fingerprint density at radius 3 is 2.54 bits per heavy atom. The number of benzene rings is 1. The second-order valence-corrected chi connectivity index (χ2v) is 7.39. The number of halogens is 4. The van der Waals surface area contributed by atoms with E-state index in [1.165, 1.54) is 6.07 Å². The van der Waals surface area contributed by atoms with Crippen LogP contribution in [0.15, 0.2) is 30.3 Å². The third-order valence-corrected chi connectivity index (χ3v) is 4.31. The van der Waals surface area contributed by atoms with Gasteiger partial charge in [-0.1, -0.05) is 29.3 Å². The van der Waals surface area contributed by atoms with E-state index < -0.39 is 24.9 Å². The second kappa shape index (κ2) is 7.00. The molecule has 1 aromatic carbocycles. The SMILES string of the molecule is CC(C)Nc1cc(-c2ccc(Cl)cc2C(=O)N2CC(F)(F)C2)cc(Cl)n1. The maximum absolute atomic E-state index is 13.1. The van der Waals surface area contributed by atoms with Crippen molar-refractivity contribution in [2.24, 2.45) is 0 Å². The van der Waals surface area contributed by atoms with Gasteiger partial charge in [0.15, 0.2) is 0 Å². The Kier molecular flexibility index (Phi) is 5.08. The summed E-state index contributed by atoms with van der Waals surface area (Å²) >= 11 is 12.1. The number of pyridine rings is 1. The summed E-state index contributed by atoms with van der Waals surface area (Å²) in [5.74, 6) is -2.76. The number of nitrogens with one attached hydrogen (secondary N) is 1. The first-order chi connectivity index (χ1) is 12.1. The van der Waals surface area contributed by atoms with Crippen molar-refractivity contribution >= 4 is 34.9 Å². The molecule has 1 aliphatic heterocycles. The van der Waals surface area contributed by atoms with Crippen LogP contribution in [0.25, 0.3) is 11.1 Å². The quantitative estimate of drug-likeness (QED) is 0.738. The Morgan fingerprint density at radius 1 is 1.23 bits per heavy atom. The summed E-state index contributed by atoms with van der Waals surface area (Å²) in [6.45, 7) is 2.75. The highest BCUT2D eigenvalue weighted by Gasteiger charge is 2.46. The summed E-state index contributed by atoms with van der Waals surface area (Å²) in [5, 5.41) is 3.77. The number of hydrogen-bond acceptors (Lipinski definition) is 3. The van der Waals surface area contributed by atoms with Crippen molar-refractivity contribution in [1.29, 1.82) is 0 Å². The zero-order chi connectivity index (χ0) is 19.1. The zero-order valence-electron chi connectivity index (χ0n) is 14.2. The first kappa shape index (κ1) is 18.9. The Labute approximate surface area is 160 Å². The van der Waals surface area contributed by atoms with Crippen LogP contribution in [0.4, 0.5) is 14.6 Å². The summed E-state index contributed by atoms with van der Waals surface area (Å²) in [6, 6.07) is 8.33. The number of carbonyl (C=O) groups excluding carboxylic acids is 1. The van der Waals surface area contributed by atoms with Gasteiger partial charge < -0.3 is 10.2 Å². The molecule has 0 saturated carbocycles. The van der Waals surface area contributed by atoms with E-state index in [9.17, 15) is 13.6 Å². The van der Waals surface area contributed by atoms with Crippen LogP contribution in [0.5, 0.6) is 0 Å². The van der Waals surface area contributed by atoms with E-state index in [2.05, 4.69) is 10.3 Å². The van der Waals surface area contributed by atoms with Crippen LogP contribution in [-0.4, -0.2) is 40.8 Å². The summed E-state index contributed by atoms with van der Waals surface area (Å²) in [6.07, 6.45) is 0. The van der Waals surface area contributed by atoms with Crippen LogP contribution in [0.1, 0.15) is 24.2 Å². The molecule has 1 aromatic heterocycles. The van der Waals surface area contributed by atoms with Gasteiger partial charge in [-0.05, 0) is 49.2 Å². The van der Waals surface area contributed by atoms with Crippen molar-refractivity contribution in [3.8, 4) is 11.1 Å². The second-order valence-electron chi connectivity index (χ2n) is 6.57. The number of alkyl halides is 2. The van der Waals surface area contributed by atoms with Crippen LogP contribution in [0.3, 0.4) is 0 Å². The number of likely N-dealkylation sites (tertiary alicyclic amines) is 1. The third-order valence-electron chi connectivity index (χ3n) is 3.89. The molecule has 3 rings (SSSR count). The van der Waals surface area contributed by atoms with Gasteiger partial charge in [0.05, 0.1) is 13.1 Å². The van der Waals surface area contributed by atoms with Gasteiger partial charge in [-0.15, -0.1) is 0 Å². The molecule has 8 heteroatoms. The van der Waals surface area contributed by atoms with Gasteiger partial charge in [0.2, 0.25) is 0 Å². The van der Waals surface area contributed by atoms with Crippen LogP contribution in [0.2, 0.25) is 10.2 Å². The summed E-state index contributed by atoms with van der Waals surface area (Å²) in [7, 11) is 0. The molecule has 0 spiro atoms. The molecule has 1 aliphatic rings. The fraction of sp³-hybridized carbons (Fsp3) is 0.333. The lowest BCUT2D eigenvalue weighted by atomic mass is 9.98. The maximum Gasteiger partial charge on any atom is 0.282 e. The molecule has 1 saturated heterocycles. The van der Waals surface area contributed by atoms with E-state index in [0.29, 0.717) is 22.0 Å². The van der Waals surface area contributed by atoms with Crippen LogP contribution in [-0.2, 0) is 0 Å². The van der Waals surface area contributed by atoms with E-state index in [1.54, 1.807) is 24.3 Å². The highest BCUT2D eigenvalue weighted by Crippen LogP contribution is 2.34. The molecule has 1 amide bonds. The van der Waals surface area contributed by atoms with Crippen molar-refractivity contribution in [3.05, 3.63) is 46.1 Å². The van der Waals surface area contributed by atoms with E-state index in [4.69, 9.17) is 23.2 Å². The molecule has 0 bridgehead atoms. The molecule has 0 unspecified atom stereocenters. The molecule has 1 fully saturated rings. The smallest absolute Gasteiger partial charge is 0.282 e. The fourth-order valence-corrected chi connectivity index (χ4v) is 3.17. The number of hydrogen-bond donors (Lipinski definition) is 1. The van der Waals surface area contributed by atoms with Crippen LogP contribution >= 0.6 is 23.2 Å². The summed E-state index contributed by atoms with van der Waals surface area (Å²) < 4.78 is 26.3. The Balaban J connectivity index is 2.01. The van der Waals surface area contributed by atoms with Crippen molar-refractivity contribution < 1.29 is 13.6 Å². The molecule has 4 nitrogen and oxygen atoms in total. The summed E-state index contributed by atoms with van der Waals surface area (Å²) in [5.41, 5.74) is 1.47.